The smallest absolute Gasteiger partial charge is 0.240 e. The molecule has 0 aliphatic heterocycles. The highest BCUT2D eigenvalue weighted by Gasteiger charge is 2.26. The molecule has 1 fully saturated rings. The van der Waals surface area contributed by atoms with E-state index in [4.69, 9.17) is 10.5 Å². The van der Waals surface area contributed by atoms with Gasteiger partial charge in [-0.15, -0.1) is 0 Å². The summed E-state index contributed by atoms with van der Waals surface area (Å²) in [5, 5.41) is 0. The van der Waals surface area contributed by atoms with Gasteiger partial charge in [0.1, 0.15) is 12.4 Å². The standard InChI is InChI=1S/C15H24N2O3S/c1-12-4-2-3-5-15(12)17-21(18,19)14-8-6-13(7-9-14)20-11-10-16/h6-9,12,15,17H,2-5,10-11,16H2,1H3. The Bertz CT molecular complexity index is 543. The van der Waals surface area contributed by atoms with E-state index in [2.05, 4.69) is 11.6 Å². The lowest BCUT2D eigenvalue weighted by atomic mass is 9.87. The average Bonchev–Trinajstić information content (AvgIpc) is 2.48. The van der Waals surface area contributed by atoms with E-state index in [0.717, 1.165) is 19.3 Å². The van der Waals surface area contributed by atoms with E-state index in [1.54, 1.807) is 24.3 Å². The predicted molar refractivity (Wildman–Crippen MR) is 82.7 cm³/mol. The summed E-state index contributed by atoms with van der Waals surface area (Å²) in [5.74, 6) is 1.02. The number of rotatable bonds is 6. The van der Waals surface area contributed by atoms with Crippen LogP contribution in [0, 0.1) is 5.92 Å². The molecular formula is C15H24N2O3S. The number of sulfonamides is 1. The Morgan fingerprint density at radius 1 is 1.24 bits per heavy atom. The second-order valence-electron chi connectivity index (χ2n) is 5.60. The van der Waals surface area contributed by atoms with Gasteiger partial charge in [0.05, 0.1) is 4.90 Å². The fraction of sp³-hybridized carbons (Fsp3) is 0.600. The lowest BCUT2D eigenvalue weighted by Gasteiger charge is -2.29. The van der Waals surface area contributed by atoms with Crippen molar-refractivity contribution in [3.63, 3.8) is 0 Å². The third kappa shape index (κ3) is 4.43. The zero-order valence-corrected chi connectivity index (χ0v) is 13.2. The third-order valence-corrected chi connectivity index (χ3v) is 5.44. The van der Waals surface area contributed by atoms with Crippen LogP contribution in [0.4, 0.5) is 0 Å². The molecule has 6 heteroatoms. The first-order valence-corrected chi connectivity index (χ1v) is 8.96. The molecule has 1 aromatic rings. The Balaban J connectivity index is 2.04. The van der Waals surface area contributed by atoms with Gasteiger partial charge in [0, 0.05) is 12.6 Å². The molecule has 2 unspecified atom stereocenters. The van der Waals surface area contributed by atoms with Crippen molar-refractivity contribution in [3.05, 3.63) is 24.3 Å². The van der Waals surface area contributed by atoms with Gasteiger partial charge in [-0.1, -0.05) is 19.8 Å². The van der Waals surface area contributed by atoms with E-state index in [1.807, 2.05) is 0 Å². The van der Waals surface area contributed by atoms with Crippen molar-refractivity contribution >= 4 is 10.0 Å². The average molecular weight is 312 g/mol. The SMILES string of the molecule is CC1CCCCC1NS(=O)(=O)c1ccc(OCCN)cc1. The monoisotopic (exact) mass is 312 g/mol. The zero-order chi connectivity index (χ0) is 15.3. The fourth-order valence-electron chi connectivity index (χ4n) is 2.65. The van der Waals surface area contributed by atoms with Crippen LogP contribution >= 0.6 is 0 Å². The number of ether oxygens (including phenoxy) is 1. The quantitative estimate of drug-likeness (QED) is 0.840. The molecule has 2 rings (SSSR count). The molecular weight excluding hydrogens is 288 g/mol. The summed E-state index contributed by atoms with van der Waals surface area (Å²) < 4.78 is 33.0. The van der Waals surface area contributed by atoms with Crippen molar-refractivity contribution in [2.75, 3.05) is 13.2 Å². The largest absolute Gasteiger partial charge is 0.492 e. The molecule has 3 N–H and O–H groups in total. The van der Waals surface area contributed by atoms with Crippen molar-refractivity contribution in [1.82, 2.24) is 4.72 Å². The number of hydrogen-bond donors (Lipinski definition) is 2. The lowest BCUT2D eigenvalue weighted by Crippen LogP contribution is -2.40. The van der Waals surface area contributed by atoms with Gasteiger partial charge in [-0.3, -0.25) is 0 Å². The van der Waals surface area contributed by atoms with Crippen LogP contribution in [0.5, 0.6) is 5.75 Å². The molecule has 0 aromatic heterocycles. The van der Waals surface area contributed by atoms with Gasteiger partial charge in [-0.2, -0.15) is 0 Å². The highest BCUT2D eigenvalue weighted by Crippen LogP contribution is 2.25. The van der Waals surface area contributed by atoms with Crippen LogP contribution in [0.15, 0.2) is 29.2 Å². The highest BCUT2D eigenvalue weighted by molar-refractivity contribution is 7.89. The molecule has 2 atom stereocenters. The molecule has 21 heavy (non-hydrogen) atoms. The first-order chi connectivity index (χ1) is 10.0. The summed E-state index contributed by atoms with van der Waals surface area (Å²) >= 11 is 0. The normalized spacial score (nSPS) is 23.0. The van der Waals surface area contributed by atoms with Crippen LogP contribution in [0.25, 0.3) is 0 Å². The van der Waals surface area contributed by atoms with Crippen molar-refractivity contribution in [2.45, 2.75) is 43.5 Å². The van der Waals surface area contributed by atoms with Crippen LogP contribution in [0.1, 0.15) is 32.6 Å². The summed E-state index contributed by atoms with van der Waals surface area (Å²) in [4.78, 5) is 0.278. The van der Waals surface area contributed by atoms with E-state index >= 15 is 0 Å². The molecule has 5 nitrogen and oxygen atoms in total. The van der Waals surface area contributed by atoms with Crippen molar-refractivity contribution in [1.29, 1.82) is 0 Å². The van der Waals surface area contributed by atoms with Crippen molar-refractivity contribution in [2.24, 2.45) is 11.7 Å². The van der Waals surface area contributed by atoms with Crippen LogP contribution < -0.4 is 15.2 Å². The summed E-state index contributed by atoms with van der Waals surface area (Å²) in [6, 6.07) is 6.50. The van der Waals surface area contributed by atoms with E-state index < -0.39 is 10.0 Å². The minimum absolute atomic E-state index is 0.0388. The van der Waals surface area contributed by atoms with Gasteiger partial charge < -0.3 is 10.5 Å². The van der Waals surface area contributed by atoms with Crippen molar-refractivity contribution < 1.29 is 13.2 Å². The van der Waals surface area contributed by atoms with Gasteiger partial charge in [0.25, 0.3) is 0 Å². The summed E-state index contributed by atoms with van der Waals surface area (Å²) in [6.45, 7) is 2.96. The maximum absolute atomic E-state index is 12.4. The second-order valence-corrected chi connectivity index (χ2v) is 7.31. The fourth-order valence-corrected chi connectivity index (χ4v) is 4.03. The molecule has 1 aromatic carbocycles. The molecule has 0 heterocycles. The lowest BCUT2D eigenvalue weighted by molar-refractivity contribution is 0.310. The van der Waals surface area contributed by atoms with E-state index in [0.29, 0.717) is 24.8 Å². The Kier molecular flexibility index (Phi) is 5.61. The summed E-state index contributed by atoms with van der Waals surface area (Å²) in [5.41, 5.74) is 5.36. The minimum Gasteiger partial charge on any atom is -0.492 e. The Morgan fingerprint density at radius 3 is 2.52 bits per heavy atom. The summed E-state index contributed by atoms with van der Waals surface area (Å²) in [7, 11) is -3.46. The van der Waals surface area contributed by atoms with Crippen LogP contribution in [-0.2, 0) is 10.0 Å². The van der Waals surface area contributed by atoms with Gasteiger partial charge in [0.15, 0.2) is 0 Å². The number of nitrogens with two attached hydrogens (primary N) is 1. The maximum Gasteiger partial charge on any atom is 0.240 e. The Labute approximate surface area is 126 Å². The van der Waals surface area contributed by atoms with E-state index in [1.165, 1.54) is 6.42 Å². The van der Waals surface area contributed by atoms with E-state index in [-0.39, 0.29) is 10.9 Å². The van der Waals surface area contributed by atoms with Crippen molar-refractivity contribution in [3.8, 4) is 5.75 Å². The topological polar surface area (TPSA) is 81.4 Å². The molecule has 0 amide bonds. The molecule has 0 spiro atoms. The van der Waals surface area contributed by atoms with Crippen LogP contribution in [0.3, 0.4) is 0 Å². The Morgan fingerprint density at radius 2 is 1.90 bits per heavy atom. The van der Waals surface area contributed by atoms with Gasteiger partial charge in [-0.05, 0) is 43.0 Å². The molecule has 118 valence electrons. The second kappa shape index (κ2) is 7.24. The van der Waals surface area contributed by atoms with Gasteiger partial charge in [0.2, 0.25) is 10.0 Å². The molecule has 0 saturated heterocycles. The number of nitrogens with one attached hydrogen (secondary N) is 1. The number of benzene rings is 1. The molecule has 0 bridgehead atoms. The van der Waals surface area contributed by atoms with Gasteiger partial charge >= 0.3 is 0 Å². The first-order valence-electron chi connectivity index (χ1n) is 7.48. The third-order valence-electron chi connectivity index (χ3n) is 3.94. The predicted octanol–water partition coefficient (Wildman–Crippen LogP) is 1.88. The minimum atomic E-state index is -3.46. The van der Waals surface area contributed by atoms with Crippen LogP contribution in [-0.4, -0.2) is 27.6 Å². The molecule has 1 aliphatic carbocycles. The van der Waals surface area contributed by atoms with Crippen LogP contribution in [0.2, 0.25) is 0 Å². The van der Waals surface area contributed by atoms with Gasteiger partial charge in [-0.25, -0.2) is 13.1 Å². The summed E-state index contributed by atoms with van der Waals surface area (Å²) in [6.07, 6.45) is 4.27. The molecule has 1 saturated carbocycles. The first kappa shape index (κ1) is 16.3. The molecule has 0 radical (unpaired) electrons. The Hall–Kier alpha value is -1.11. The highest BCUT2D eigenvalue weighted by atomic mass is 32.2. The zero-order valence-electron chi connectivity index (χ0n) is 12.4. The van der Waals surface area contributed by atoms with E-state index in [9.17, 15) is 8.42 Å². The maximum atomic E-state index is 12.4. The number of hydrogen-bond acceptors (Lipinski definition) is 4. The molecule has 1 aliphatic rings.